The second-order valence-electron chi connectivity index (χ2n) is 6.00. The summed E-state index contributed by atoms with van der Waals surface area (Å²) >= 11 is 3.54. The molecule has 0 aromatic heterocycles. The van der Waals surface area contributed by atoms with Crippen molar-refractivity contribution < 1.29 is 0 Å². The van der Waals surface area contributed by atoms with Gasteiger partial charge in [-0.2, -0.15) is 0 Å². The van der Waals surface area contributed by atoms with Gasteiger partial charge in [-0.1, -0.05) is 47.3 Å². The van der Waals surface area contributed by atoms with Crippen LogP contribution in [0.25, 0.3) is 0 Å². The van der Waals surface area contributed by atoms with Gasteiger partial charge in [0.15, 0.2) is 0 Å². The molecule has 2 N–H and O–H groups in total. The van der Waals surface area contributed by atoms with Gasteiger partial charge in [0.2, 0.25) is 0 Å². The fourth-order valence-corrected chi connectivity index (χ4v) is 3.87. The molecule has 0 amide bonds. The monoisotopic (exact) mass is 324 g/mol. The van der Waals surface area contributed by atoms with Gasteiger partial charge in [-0.05, 0) is 51.1 Å². The smallest absolute Gasteiger partial charge is 0.0357 e. The molecule has 19 heavy (non-hydrogen) atoms. The standard InChI is InChI=1S/C16H25BrN2/c1-19(2)16(9-4-3-5-10-16)15(18)12-13-7-6-8-14(17)11-13/h6-8,11,15H,3-5,9-10,12,18H2,1-2H3. The quantitative estimate of drug-likeness (QED) is 0.917. The molecule has 2 rings (SSSR count). The Labute approximate surface area is 125 Å². The number of hydrogen-bond donors (Lipinski definition) is 1. The van der Waals surface area contributed by atoms with Gasteiger partial charge in [0.1, 0.15) is 0 Å². The van der Waals surface area contributed by atoms with Crippen LogP contribution in [0.3, 0.4) is 0 Å². The summed E-state index contributed by atoms with van der Waals surface area (Å²) in [5.41, 5.74) is 8.12. The molecule has 106 valence electrons. The van der Waals surface area contributed by atoms with Crippen molar-refractivity contribution in [3.63, 3.8) is 0 Å². The molecule has 1 aliphatic carbocycles. The topological polar surface area (TPSA) is 29.3 Å². The Kier molecular flexibility index (Phi) is 5.04. The molecule has 1 fully saturated rings. The van der Waals surface area contributed by atoms with E-state index in [1.165, 1.54) is 37.7 Å². The Hall–Kier alpha value is -0.380. The van der Waals surface area contributed by atoms with Gasteiger partial charge in [-0.3, -0.25) is 0 Å². The van der Waals surface area contributed by atoms with Crippen molar-refractivity contribution in [3.8, 4) is 0 Å². The van der Waals surface area contributed by atoms with Crippen molar-refractivity contribution in [3.05, 3.63) is 34.3 Å². The largest absolute Gasteiger partial charge is 0.326 e. The summed E-state index contributed by atoms with van der Waals surface area (Å²) in [5, 5.41) is 0. The number of benzene rings is 1. The molecule has 0 spiro atoms. The second kappa shape index (κ2) is 6.38. The van der Waals surface area contributed by atoms with Gasteiger partial charge in [-0.25, -0.2) is 0 Å². The van der Waals surface area contributed by atoms with Crippen LogP contribution in [-0.4, -0.2) is 30.6 Å². The van der Waals surface area contributed by atoms with Gasteiger partial charge in [0.05, 0.1) is 0 Å². The summed E-state index contributed by atoms with van der Waals surface area (Å²) in [6.45, 7) is 0. The number of halogens is 1. The third-order valence-corrected chi connectivity index (χ3v) is 5.14. The molecule has 1 aromatic carbocycles. The minimum Gasteiger partial charge on any atom is -0.326 e. The Morgan fingerprint density at radius 1 is 1.26 bits per heavy atom. The lowest BCUT2D eigenvalue weighted by atomic mass is 9.74. The zero-order valence-corrected chi connectivity index (χ0v) is 13.6. The summed E-state index contributed by atoms with van der Waals surface area (Å²) in [6.07, 6.45) is 7.40. The maximum atomic E-state index is 6.61. The Balaban J connectivity index is 2.13. The van der Waals surface area contributed by atoms with E-state index in [0.29, 0.717) is 0 Å². The number of nitrogens with zero attached hydrogens (tertiary/aromatic N) is 1. The molecular weight excluding hydrogens is 300 g/mol. The normalized spacial score (nSPS) is 20.5. The van der Waals surface area contributed by atoms with E-state index >= 15 is 0 Å². The second-order valence-corrected chi connectivity index (χ2v) is 6.91. The van der Waals surface area contributed by atoms with E-state index in [0.717, 1.165) is 10.9 Å². The van der Waals surface area contributed by atoms with E-state index < -0.39 is 0 Å². The molecule has 1 saturated carbocycles. The van der Waals surface area contributed by atoms with E-state index in [2.05, 4.69) is 59.2 Å². The summed E-state index contributed by atoms with van der Waals surface area (Å²) in [5.74, 6) is 0. The summed E-state index contributed by atoms with van der Waals surface area (Å²) in [6, 6.07) is 8.73. The molecule has 1 aliphatic rings. The maximum Gasteiger partial charge on any atom is 0.0357 e. The zero-order chi connectivity index (χ0) is 13.9. The Morgan fingerprint density at radius 3 is 2.53 bits per heavy atom. The van der Waals surface area contributed by atoms with Crippen molar-refractivity contribution in [2.24, 2.45) is 5.73 Å². The van der Waals surface area contributed by atoms with Crippen LogP contribution in [0.4, 0.5) is 0 Å². The predicted octanol–water partition coefficient (Wildman–Crippen LogP) is 3.58. The first-order valence-corrected chi connectivity index (χ1v) is 8.01. The Morgan fingerprint density at radius 2 is 1.95 bits per heavy atom. The van der Waals surface area contributed by atoms with Crippen molar-refractivity contribution in [1.82, 2.24) is 4.90 Å². The lowest BCUT2D eigenvalue weighted by Gasteiger charge is -2.47. The highest BCUT2D eigenvalue weighted by atomic mass is 79.9. The van der Waals surface area contributed by atoms with Crippen molar-refractivity contribution >= 4 is 15.9 Å². The summed E-state index contributed by atoms with van der Waals surface area (Å²) < 4.78 is 1.14. The maximum absolute atomic E-state index is 6.61. The molecule has 1 atom stereocenters. The number of nitrogens with two attached hydrogens (primary N) is 1. The third-order valence-electron chi connectivity index (χ3n) is 4.64. The van der Waals surface area contributed by atoms with Crippen LogP contribution in [0.15, 0.2) is 28.7 Å². The average molecular weight is 325 g/mol. The lowest BCUT2D eigenvalue weighted by Crippen LogP contribution is -2.59. The van der Waals surface area contributed by atoms with E-state index in [1.54, 1.807) is 0 Å². The molecule has 0 saturated heterocycles. The molecule has 0 aliphatic heterocycles. The SMILES string of the molecule is CN(C)C1(C(N)Cc2cccc(Br)c2)CCCCC1. The zero-order valence-electron chi connectivity index (χ0n) is 12.0. The fourth-order valence-electron chi connectivity index (χ4n) is 3.42. The first-order chi connectivity index (χ1) is 9.04. The minimum absolute atomic E-state index is 0.181. The highest BCUT2D eigenvalue weighted by molar-refractivity contribution is 9.10. The van der Waals surface area contributed by atoms with Crippen LogP contribution in [0.2, 0.25) is 0 Å². The van der Waals surface area contributed by atoms with E-state index in [9.17, 15) is 0 Å². The van der Waals surface area contributed by atoms with Gasteiger partial charge < -0.3 is 10.6 Å². The molecule has 0 heterocycles. The summed E-state index contributed by atoms with van der Waals surface area (Å²) in [4.78, 5) is 2.37. The molecule has 1 aromatic rings. The van der Waals surface area contributed by atoms with Crippen molar-refractivity contribution in [1.29, 1.82) is 0 Å². The van der Waals surface area contributed by atoms with E-state index in [-0.39, 0.29) is 11.6 Å². The first-order valence-electron chi connectivity index (χ1n) is 7.22. The highest BCUT2D eigenvalue weighted by Crippen LogP contribution is 2.35. The van der Waals surface area contributed by atoms with E-state index in [4.69, 9.17) is 5.73 Å². The van der Waals surface area contributed by atoms with Crippen LogP contribution < -0.4 is 5.73 Å². The van der Waals surface area contributed by atoms with Gasteiger partial charge in [0, 0.05) is 16.1 Å². The van der Waals surface area contributed by atoms with Crippen LogP contribution in [0.5, 0.6) is 0 Å². The molecule has 0 radical (unpaired) electrons. The minimum atomic E-state index is 0.181. The average Bonchev–Trinajstić information content (AvgIpc) is 2.39. The van der Waals surface area contributed by atoms with Crippen molar-refractivity contribution in [2.75, 3.05) is 14.1 Å². The fraction of sp³-hybridized carbons (Fsp3) is 0.625. The number of hydrogen-bond acceptors (Lipinski definition) is 2. The predicted molar refractivity (Wildman–Crippen MR) is 85.3 cm³/mol. The van der Waals surface area contributed by atoms with Crippen molar-refractivity contribution in [2.45, 2.75) is 50.1 Å². The third kappa shape index (κ3) is 3.39. The first kappa shape index (κ1) is 15.0. The van der Waals surface area contributed by atoms with Gasteiger partial charge in [0.25, 0.3) is 0 Å². The number of likely N-dealkylation sites (N-methyl/N-ethyl adjacent to an activating group) is 1. The van der Waals surface area contributed by atoms with Crippen LogP contribution in [0, 0.1) is 0 Å². The van der Waals surface area contributed by atoms with E-state index in [1.807, 2.05) is 0 Å². The van der Waals surface area contributed by atoms with Gasteiger partial charge in [-0.15, -0.1) is 0 Å². The molecule has 2 nitrogen and oxygen atoms in total. The van der Waals surface area contributed by atoms with Gasteiger partial charge >= 0.3 is 0 Å². The highest BCUT2D eigenvalue weighted by Gasteiger charge is 2.39. The molecular formula is C16H25BrN2. The van der Waals surface area contributed by atoms with Crippen LogP contribution in [-0.2, 0) is 6.42 Å². The molecule has 0 bridgehead atoms. The van der Waals surface area contributed by atoms with Crippen LogP contribution in [0.1, 0.15) is 37.7 Å². The number of rotatable bonds is 4. The lowest BCUT2D eigenvalue weighted by molar-refractivity contribution is 0.0716. The molecule has 3 heteroatoms. The van der Waals surface area contributed by atoms with Crippen LogP contribution >= 0.6 is 15.9 Å². The Bertz CT molecular complexity index is 411. The summed E-state index contributed by atoms with van der Waals surface area (Å²) in [7, 11) is 4.37. The molecule has 1 unspecified atom stereocenters.